The van der Waals surface area contributed by atoms with Gasteiger partial charge >= 0.3 is 0 Å². The van der Waals surface area contributed by atoms with E-state index in [1.165, 1.54) is 51.6 Å². The molecule has 160 valence electrons. The Labute approximate surface area is 208 Å². The monoisotopic (exact) mass is 634 g/mol. The largest absolute Gasteiger partial charge is 1.00 e. The van der Waals surface area contributed by atoms with Crippen LogP contribution in [0.5, 0.6) is 0 Å². The van der Waals surface area contributed by atoms with Crippen molar-refractivity contribution in [3.8, 4) is 0 Å². The van der Waals surface area contributed by atoms with Crippen molar-refractivity contribution >= 4 is 23.2 Å². The number of nitrogens with zero attached hydrogens (tertiary/aromatic N) is 2. The van der Waals surface area contributed by atoms with Crippen molar-refractivity contribution in [3.05, 3.63) is 10.1 Å². The molecule has 0 rings (SSSR count). The lowest BCUT2D eigenvalue weighted by Gasteiger charge is -2.23. The molecule has 0 aliphatic rings. The lowest BCUT2D eigenvalue weighted by Crippen LogP contribution is -3.00. The van der Waals surface area contributed by atoms with E-state index in [0.29, 0.717) is 0 Å². The van der Waals surface area contributed by atoms with Crippen molar-refractivity contribution in [1.82, 2.24) is 0 Å². The summed E-state index contributed by atoms with van der Waals surface area (Å²) in [7, 11) is 13.5. The van der Waals surface area contributed by atoms with Crippen LogP contribution < -0.4 is 48.0 Å². The average molecular weight is 635 g/mol. The summed E-state index contributed by atoms with van der Waals surface area (Å²) < 4.78 is 2.11. The van der Waals surface area contributed by atoms with Gasteiger partial charge in [-0.1, -0.05) is 36.0 Å². The number of quaternary nitrogens is 2. The van der Waals surface area contributed by atoms with Crippen LogP contribution >= 0.6 is 23.2 Å². The van der Waals surface area contributed by atoms with Crippen molar-refractivity contribution in [2.75, 3.05) is 55.4 Å². The van der Waals surface area contributed by atoms with Crippen LogP contribution in [0.25, 0.3) is 0 Å². The molecule has 26 heavy (non-hydrogen) atoms. The Morgan fingerprint density at radius 1 is 0.500 bits per heavy atom. The molecule has 2 nitrogen and oxygen atoms in total. The van der Waals surface area contributed by atoms with Crippen LogP contribution in [0.2, 0.25) is 0 Å². The van der Waals surface area contributed by atoms with Crippen molar-refractivity contribution in [1.29, 1.82) is 0 Å². The van der Waals surface area contributed by atoms with Crippen LogP contribution in [0.1, 0.15) is 64.2 Å². The van der Waals surface area contributed by atoms with Gasteiger partial charge in [-0.3, -0.25) is 0 Å². The predicted molar refractivity (Wildman–Crippen MR) is 111 cm³/mol. The highest BCUT2D eigenvalue weighted by Gasteiger charge is 2.07. The normalized spacial score (nSPS) is 12.9. The van der Waals surface area contributed by atoms with Crippen LogP contribution in [0.3, 0.4) is 0 Å². The summed E-state index contributed by atoms with van der Waals surface area (Å²) in [6.07, 6.45) is 11.9. The Balaban J connectivity index is -0.00000264. The molecule has 0 radical (unpaired) electrons. The first-order valence-electron chi connectivity index (χ1n) is 9.65. The Kier molecular flexibility index (Phi) is 21.8. The zero-order valence-electron chi connectivity index (χ0n) is 17.9. The van der Waals surface area contributed by atoms with Gasteiger partial charge in [0, 0.05) is 10.1 Å². The molecule has 0 unspecified atom stereocenters. The first-order chi connectivity index (χ1) is 11.0. The average Bonchev–Trinajstić information content (AvgIpc) is 2.43. The maximum absolute atomic E-state index is 6.36. The minimum Gasteiger partial charge on any atom is -1.00 e. The number of allylic oxidation sites excluding steroid dienone is 2. The number of hydrogen-bond donors (Lipinski definition) is 0. The molecule has 0 amide bonds. The van der Waals surface area contributed by atoms with Gasteiger partial charge in [0.1, 0.15) is 0 Å². The number of halogens is 4. The van der Waals surface area contributed by atoms with E-state index in [-0.39, 0.29) is 48.0 Å². The summed E-state index contributed by atoms with van der Waals surface area (Å²) in [4.78, 5) is 0. The van der Waals surface area contributed by atoms with Gasteiger partial charge in [-0.15, -0.1) is 0 Å². The lowest BCUT2D eigenvalue weighted by atomic mass is 10.1. The molecule has 0 aromatic carbocycles. The zero-order valence-corrected chi connectivity index (χ0v) is 23.7. The smallest absolute Gasteiger partial charge is 0.0780 e. The van der Waals surface area contributed by atoms with Crippen molar-refractivity contribution < 1.29 is 56.9 Å². The molecule has 0 saturated carbocycles. The standard InChI is InChI=1S/C20H42Cl2N2.2HI/c1-23(2,3)17-13-9-7-11-15-19(21)20(22)16-12-8-10-14-18-24(4,5)6;;/h7-18H2,1-6H3;2*1H/q+2;;/p-2/b20-19-;;. The van der Waals surface area contributed by atoms with Gasteiger partial charge in [0.25, 0.3) is 0 Å². The second-order valence-electron chi connectivity index (χ2n) is 9.17. The lowest BCUT2D eigenvalue weighted by molar-refractivity contribution is -0.870. The minimum atomic E-state index is 0. The quantitative estimate of drug-likeness (QED) is 0.143. The number of unbranched alkanes of at least 4 members (excludes halogenated alkanes) is 6. The van der Waals surface area contributed by atoms with Gasteiger partial charge in [0.15, 0.2) is 0 Å². The summed E-state index contributed by atoms with van der Waals surface area (Å²) in [5, 5.41) is 1.80. The molecular weight excluding hydrogens is 593 g/mol. The van der Waals surface area contributed by atoms with E-state index < -0.39 is 0 Å². The van der Waals surface area contributed by atoms with E-state index in [1.54, 1.807) is 0 Å². The summed E-state index contributed by atoms with van der Waals surface area (Å²) in [5.74, 6) is 0. The summed E-state index contributed by atoms with van der Waals surface area (Å²) in [5.41, 5.74) is 0. The minimum absolute atomic E-state index is 0. The van der Waals surface area contributed by atoms with E-state index in [9.17, 15) is 0 Å². The van der Waals surface area contributed by atoms with Gasteiger partial charge in [0.05, 0.1) is 55.4 Å². The van der Waals surface area contributed by atoms with Crippen LogP contribution in [0.4, 0.5) is 0 Å². The third-order valence-electron chi connectivity index (χ3n) is 4.24. The molecule has 0 N–H and O–H groups in total. The topological polar surface area (TPSA) is 0 Å². The Bertz CT molecular complexity index is 328. The summed E-state index contributed by atoms with van der Waals surface area (Å²) in [6, 6.07) is 0. The van der Waals surface area contributed by atoms with Gasteiger partial charge in [-0.25, -0.2) is 0 Å². The van der Waals surface area contributed by atoms with Gasteiger partial charge in [-0.2, -0.15) is 0 Å². The molecule has 0 bridgehead atoms. The van der Waals surface area contributed by atoms with Gasteiger partial charge in [0.2, 0.25) is 0 Å². The van der Waals surface area contributed by atoms with Crippen LogP contribution in [-0.2, 0) is 0 Å². The molecule has 6 heteroatoms. The second kappa shape index (κ2) is 17.5. The maximum Gasteiger partial charge on any atom is 0.0780 e. The van der Waals surface area contributed by atoms with E-state index in [4.69, 9.17) is 23.2 Å². The number of hydrogen-bond acceptors (Lipinski definition) is 0. The van der Waals surface area contributed by atoms with Crippen LogP contribution in [0, 0.1) is 0 Å². The third-order valence-corrected chi connectivity index (χ3v) is 5.18. The third kappa shape index (κ3) is 23.7. The maximum atomic E-state index is 6.36. The Hall–Kier alpha value is 1.70. The van der Waals surface area contributed by atoms with Crippen LogP contribution in [0.15, 0.2) is 10.1 Å². The fraction of sp³-hybridized carbons (Fsp3) is 0.900. The molecule has 0 spiro atoms. The Morgan fingerprint density at radius 2 is 0.769 bits per heavy atom. The molecule has 0 aromatic heterocycles. The van der Waals surface area contributed by atoms with Crippen LogP contribution in [-0.4, -0.2) is 64.3 Å². The number of rotatable bonds is 14. The summed E-state index contributed by atoms with van der Waals surface area (Å²) in [6.45, 7) is 2.50. The fourth-order valence-electron chi connectivity index (χ4n) is 2.71. The predicted octanol–water partition coefficient (Wildman–Crippen LogP) is -0.00300. The summed E-state index contributed by atoms with van der Waals surface area (Å²) >= 11 is 12.7. The molecule has 0 aliphatic carbocycles. The zero-order chi connectivity index (χ0) is 18.6. The van der Waals surface area contributed by atoms with Crippen molar-refractivity contribution in [2.24, 2.45) is 0 Å². The van der Waals surface area contributed by atoms with E-state index >= 15 is 0 Å². The van der Waals surface area contributed by atoms with Gasteiger partial charge in [-0.05, 0) is 51.4 Å². The van der Waals surface area contributed by atoms with Crippen molar-refractivity contribution in [2.45, 2.75) is 64.2 Å². The highest BCUT2D eigenvalue weighted by Crippen LogP contribution is 2.25. The highest BCUT2D eigenvalue weighted by molar-refractivity contribution is 6.39. The molecule has 0 aliphatic heterocycles. The molecule has 0 atom stereocenters. The molecule has 0 saturated heterocycles. The van der Waals surface area contributed by atoms with E-state index in [0.717, 1.165) is 44.7 Å². The van der Waals surface area contributed by atoms with E-state index in [1.807, 2.05) is 0 Å². The molecular formula is C20H42Cl2I2N2. The second-order valence-corrected chi connectivity index (χ2v) is 10.1. The molecule has 0 heterocycles. The van der Waals surface area contributed by atoms with E-state index in [2.05, 4.69) is 42.3 Å². The first-order valence-corrected chi connectivity index (χ1v) is 10.4. The Morgan fingerprint density at radius 3 is 1.04 bits per heavy atom. The van der Waals surface area contributed by atoms with Crippen molar-refractivity contribution in [3.63, 3.8) is 0 Å². The molecule has 0 aromatic rings. The SMILES string of the molecule is C[N+](C)(C)CCCCCC/C(Cl)=C(/Cl)CCCCCC[N+](C)(C)C.[I-].[I-]. The van der Waals surface area contributed by atoms with Gasteiger partial charge < -0.3 is 56.9 Å². The molecule has 0 fully saturated rings. The highest BCUT2D eigenvalue weighted by atomic mass is 127. The first kappa shape index (κ1) is 32.4. The fourth-order valence-corrected chi connectivity index (χ4v) is 3.17.